The fourth-order valence-electron chi connectivity index (χ4n) is 2.19. The zero-order chi connectivity index (χ0) is 13.1. The number of carbonyl (C=O) groups excluding carboxylic acids is 1. The highest BCUT2D eigenvalue weighted by molar-refractivity contribution is 6.73. The summed E-state index contributed by atoms with van der Waals surface area (Å²) in [5.74, 6) is 0. The van der Waals surface area contributed by atoms with Crippen LogP contribution in [0.2, 0.25) is 5.28 Å². The SMILES string of the molecule is CCCCC[CH2][AlH][C](=O)CCCc1ccccc1. The molecule has 0 unspecified atom stereocenters. The monoisotopic (exact) mass is 260 g/mol. The highest BCUT2D eigenvalue weighted by Crippen LogP contribution is 2.06. The van der Waals surface area contributed by atoms with Gasteiger partial charge in [0.2, 0.25) is 0 Å². The van der Waals surface area contributed by atoms with Crippen molar-refractivity contribution in [2.45, 2.75) is 57.2 Å². The van der Waals surface area contributed by atoms with Gasteiger partial charge in [-0.25, -0.2) is 0 Å². The van der Waals surface area contributed by atoms with Gasteiger partial charge in [-0.2, -0.15) is 0 Å². The summed E-state index contributed by atoms with van der Waals surface area (Å²) in [6, 6.07) is 10.5. The Morgan fingerprint density at radius 2 is 1.83 bits per heavy atom. The minimum Gasteiger partial charge on any atom is -0.321 e. The summed E-state index contributed by atoms with van der Waals surface area (Å²) in [5.41, 5.74) is 1.36. The molecular formula is C16H25AlO. The van der Waals surface area contributed by atoms with Crippen LogP contribution in [-0.2, 0) is 11.2 Å². The summed E-state index contributed by atoms with van der Waals surface area (Å²) in [6.45, 7) is 2.23. The average Bonchev–Trinajstić information content (AvgIpc) is 2.40. The van der Waals surface area contributed by atoms with Crippen LogP contribution in [0.15, 0.2) is 30.3 Å². The van der Waals surface area contributed by atoms with Gasteiger partial charge in [0.25, 0.3) is 0 Å². The second-order valence-electron chi connectivity index (χ2n) is 5.04. The highest BCUT2D eigenvalue weighted by Gasteiger charge is 2.05. The molecule has 0 radical (unpaired) electrons. The third-order valence-corrected chi connectivity index (χ3v) is 5.09. The van der Waals surface area contributed by atoms with Gasteiger partial charge in [0, 0.05) is 4.65 Å². The van der Waals surface area contributed by atoms with Gasteiger partial charge < -0.3 is 4.79 Å². The van der Waals surface area contributed by atoms with Crippen molar-refractivity contribution in [3.63, 3.8) is 0 Å². The van der Waals surface area contributed by atoms with Crippen LogP contribution in [0.25, 0.3) is 0 Å². The lowest BCUT2D eigenvalue weighted by Gasteiger charge is -2.01. The van der Waals surface area contributed by atoms with E-state index in [-0.39, 0.29) is 0 Å². The Balaban J connectivity index is 2.00. The molecule has 0 heterocycles. The van der Waals surface area contributed by atoms with E-state index in [0.29, 0.717) is 4.65 Å². The molecule has 1 aromatic carbocycles. The van der Waals surface area contributed by atoms with E-state index in [9.17, 15) is 4.79 Å². The number of hydrogen-bond donors (Lipinski definition) is 0. The largest absolute Gasteiger partial charge is 0.342 e. The van der Waals surface area contributed by atoms with E-state index in [1.54, 1.807) is 0 Å². The number of aryl methyl sites for hydroxylation is 1. The lowest BCUT2D eigenvalue weighted by atomic mass is 10.1. The Morgan fingerprint density at radius 3 is 2.56 bits per heavy atom. The standard InChI is InChI=1S/C10H11O.C6H13.Al.H/c11-9-5-4-8-10-6-2-1-3-7-10;1-3-5-6-4-2;;/h1-3,6-7H,4-5,8H2;1,3-6H2,2H3;;. The van der Waals surface area contributed by atoms with Crippen molar-refractivity contribution in [1.29, 1.82) is 0 Å². The van der Waals surface area contributed by atoms with Crippen LogP contribution in [0.5, 0.6) is 0 Å². The predicted molar refractivity (Wildman–Crippen MR) is 80.5 cm³/mol. The van der Waals surface area contributed by atoms with Crippen LogP contribution >= 0.6 is 0 Å². The Kier molecular flexibility index (Phi) is 8.90. The van der Waals surface area contributed by atoms with Gasteiger partial charge in [-0.1, -0.05) is 68.2 Å². The maximum Gasteiger partial charge on any atom is 0.342 e. The Bertz CT molecular complexity index is 321. The lowest BCUT2D eigenvalue weighted by Crippen LogP contribution is -2.08. The first-order valence-corrected chi connectivity index (χ1v) is 9.09. The van der Waals surface area contributed by atoms with Gasteiger partial charge in [0.05, 0.1) is 0 Å². The fourth-order valence-corrected chi connectivity index (χ4v) is 3.68. The molecule has 0 aliphatic carbocycles. The highest BCUT2D eigenvalue weighted by atomic mass is 27.1. The molecule has 0 N–H and O–H groups in total. The molecule has 1 rings (SSSR count). The summed E-state index contributed by atoms with van der Waals surface area (Å²) in [5, 5.41) is 1.23. The third kappa shape index (κ3) is 7.69. The maximum absolute atomic E-state index is 11.7. The molecule has 0 bridgehead atoms. The molecule has 0 saturated heterocycles. The fraction of sp³-hybridized carbons (Fsp3) is 0.562. The van der Waals surface area contributed by atoms with Crippen molar-refractivity contribution in [2.75, 3.05) is 0 Å². The van der Waals surface area contributed by atoms with Crippen LogP contribution in [0.3, 0.4) is 0 Å². The summed E-state index contributed by atoms with van der Waals surface area (Å²) < 4.78 is 0.586. The van der Waals surface area contributed by atoms with Gasteiger partial charge in [0.15, 0.2) is 0 Å². The normalized spacial score (nSPS) is 10.3. The maximum atomic E-state index is 11.7. The van der Waals surface area contributed by atoms with Crippen molar-refractivity contribution in [1.82, 2.24) is 0 Å². The van der Waals surface area contributed by atoms with Crippen LogP contribution in [0.1, 0.15) is 51.0 Å². The first kappa shape index (κ1) is 15.5. The van der Waals surface area contributed by atoms with E-state index in [1.807, 2.05) is 6.07 Å². The van der Waals surface area contributed by atoms with Crippen LogP contribution < -0.4 is 0 Å². The first-order chi connectivity index (χ1) is 8.83. The Morgan fingerprint density at radius 1 is 1.06 bits per heavy atom. The second-order valence-corrected chi connectivity index (χ2v) is 7.04. The molecule has 0 aliphatic heterocycles. The van der Waals surface area contributed by atoms with E-state index in [4.69, 9.17) is 0 Å². The van der Waals surface area contributed by atoms with Crippen molar-refractivity contribution < 1.29 is 4.79 Å². The summed E-state index contributed by atoms with van der Waals surface area (Å²) >= 11 is -0.431. The van der Waals surface area contributed by atoms with E-state index in [0.717, 1.165) is 19.3 Å². The molecule has 1 aromatic rings. The van der Waals surface area contributed by atoms with Gasteiger partial charge >= 0.3 is 15.2 Å². The molecule has 0 fully saturated rings. The molecule has 0 spiro atoms. The zero-order valence-corrected chi connectivity index (χ0v) is 13.1. The molecule has 0 amide bonds. The number of rotatable bonds is 10. The van der Waals surface area contributed by atoms with E-state index >= 15 is 0 Å². The zero-order valence-electron chi connectivity index (χ0n) is 11.7. The number of carbonyl (C=O) groups is 1. The quantitative estimate of drug-likeness (QED) is 0.459. The summed E-state index contributed by atoms with van der Waals surface area (Å²) in [4.78, 5) is 11.7. The van der Waals surface area contributed by atoms with Crippen molar-refractivity contribution in [3.05, 3.63) is 35.9 Å². The summed E-state index contributed by atoms with van der Waals surface area (Å²) in [7, 11) is 0. The van der Waals surface area contributed by atoms with E-state index < -0.39 is 15.2 Å². The van der Waals surface area contributed by atoms with E-state index in [1.165, 1.54) is 36.5 Å². The molecule has 18 heavy (non-hydrogen) atoms. The van der Waals surface area contributed by atoms with Crippen LogP contribution in [0.4, 0.5) is 0 Å². The smallest absolute Gasteiger partial charge is 0.321 e. The second kappa shape index (κ2) is 10.4. The minimum absolute atomic E-state index is 0.431. The lowest BCUT2D eigenvalue weighted by molar-refractivity contribution is -0.112. The number of hydrogen-bond acceptors (Lipinski definition) is 1. The topological polar surface area (TPSA) is 17.1 Å². The molecule has 98 valence electrons. The third-order valence-electron chi connectivity index (χ3n) is 3.32. The molecule has 1 nitrogen and oxygen atoms in total. The van der Waals surface area contributed by atoms with E-state index in [2.05, 4.69) is 31.2 Å². The first-order valence-electron chi connectivity index (χ1n) is 7.38. The Labute approximate surface area is 118 Å². The van der Waals surface area contributed by atoms with Gasteiger partial charge in [-0.3, -0.25) is 0 Å². The number of unbranched alkanes of at least 4 members (excludes halogenated alkanes) is 3. The van der Waals surface area contributed by atoms with Crippen molar-refractivity contribution >= 4 is 19.9 Å². The van der Waals surface area contributed by atoms with Gasteiger partial charge in [-0.15, -0.1) is 0 Å². The van der Waals surface area contributed by atoms with Gasteiger partial charge in [-0.05, 0) is 24.8 Å². The van der Waals surface area contributed by atoms with Crippen molar-refractivity contribution in [2.24, 2.45) is 0 Å². The summed E-state index contributed by atoms with van der Waals surface area (Å²) in [6.07, 6.45) is 8.12. The molecule has 2 heteroatoms. The molecule has 0 aromatic heterocycles. The van der Waals surface area contributed by atoms with Crippen LogP contribution in [-0.4, -0.2) is 19.9 Å². The predicted octanol–water partition coefficient (Wildman–Crippen LogP) is 3.97. The molecular weight excluding hydrogens is 235 g/mol. The minimum atomic E-state index is -0.431. The Hall–Kier alpha value is -0.578. The van der Waals surface area contributed by atoms with Crippen LogP contribution in [0, 0.1) is 0 Å². The molecule has 0 aliphatic rings. The molecule has 0 saturated carbocycles. The van der Waals surface area contributed by atoms with Crippen molar-refractivity contribution in [3.8, 4) is 0 Å². The van der Waals surface area contributed by atoms with Gasteiger partial charge in [0.1, 0.15) is 0 Å². The number of benzene rings is 1. The molecule has 0 atom stereocenters. The average molecular weight is 260 g/mol.